The van der Waals surface area contributed by atoms with Crippen molar-refractivity contribution in [3.05, 3.63) is 0 Å². The van der Waals surface area contributed by atoms with Gasteiger partial charge in [0.05, 0.1) is 0 Å². The predicted octanol–water partition coefficient (Wildman–Crippen LogP) is -1.58. The maximum atomic E-state index is 8.88. The van der Waals surface area contributed by atoms with Crippen LogP contribution in [0, 0.1) is 0 Å². The minimum Gasteiger partial charge on any atom is 0 e. The van der Waals surface area contributed by atoms with Gasteiger partial charge >= 0.3 is 26.7 Å². The van der Waals surface area contributed by atoms with Crippen LogP contribution in [-0.2, 0) is 38.7 Å². The molecule has 1 radical (unpaired) electrons. The van der Waals surface area contributed by atoms with E-state index < -0.39 is 7.82 Å². The number of phosphoric acid groups is 1. The molecule has 49 valence electrons. The molecule has 3 N–H and O–H groups in total. The monoisotopic (exact) mass is 217 g/mol. The molecule has 0 bridgehead atoms. The van der Waals surface area contributed by atoms with Crippen LogP contribution in [0.25, 0.3) is 0 Å². The van der Waals surface area contributed by atoms with Crippen LogP contribution < -0.4 is 0 Å². The van der Waals surface area contributed by atoms with Crippen LogP contribution in [0.1, 0.15) is 0 Å². The van der Waals surface area contributed by atoms with Crippen LogP contribution in [0.5, 0.6) is 0 Å². The first-order valence-electron chi connectivity index (χ1n) is 0.783. The second-order valence-electron chi connectivity index (χ2n) is 0.513. The first-order chi connectivity index (χ1) is 2.00. The standard InChI is InChI=1S/Fe.Li.Mn.H3O4P.H/c;;;1-5(2,3)4;/h;;;(H3,1,2,3,4);. The molecule has 0 aromatic carbocycles. The molecule has 0 spiro atoms. The van der Waals surface area contributed by atoms with Crippen LogP contribution in [0.3, 0.4) is 0 Å². The molecule has 0 heterocycles. The van der Waals surface area contributed by atoms with E-state index in [4.69, 9.17) is 19.2 Å². The van der Waals surface area contributed by atoms with Gasteiger partial charge in [-0.25, -0.2) is 4.57 Å². The summed E-state index contributed by atoms with van der Waals surface area (Å²) in [5.41, 5.74) is 0. The normalized spacial score (nSPS) is 7.38. The molecule has 0 aromatic rings. The predicted molar refractivity (Wildman–Crippen MR) is 21.4 cm³/mol. The van der Waals surface area contributed by atoms with E-state index in [2.05, 4.69) is 0 Å². The van der Waals surface area contributed by atoms with Gasteiger partial charge in [0.2, 0.25) is 0 Å². The fourth-order valence-electron chi connectivity index (χ4n) is 0. The molecule has 0 aliphatic carbocycles. The molecule has 0 aliphatic heterocycles. The summed E-state index contributed by atoms with van der Waals surface area (Å²) in [5.74, 6) is 0. The largest absolute Gasteiger partial charge is 0 e. The number of hydrogen-bond acceptors (Lipinski definition) is 1. The van der Waals surface area contributed by atoms with Crippen LogP contribution in [0.15, 0.2) is 0 Å². The first-order valence-corrected chi connectivity index (χ1v) is 2.35. The van der Waals surface area contributed by atoms with Gasteiger partial charge in [0.1, 0.15) is 0 Å². The Balaban J connectivity index is -0.0000000267. The molecule has 0 fully saturated rings. The van der Waals surface area contributed by atoms with Crippen LogP contribution in [0.2, 0.25) is 0 Å². The van der Waals surface area contributed by atoms with Gasteiger partial charge in [-0.1, -0.05) is 0 Å². The second kappa shape index (κ2) is 8.75. The van der Waals surface area contributed by atoms with Gasteiger partial charge < -0.3 is 14.7 Å². The summed E-state index contributed by atoms with van der Waals surface area (Å²) in [6, 6.07) is 0. The Morgan fingerprint density at radius 1 is 1.12 bits per heavy atom. The first kappa shape index (κ1) is 22.6. The average molecular weight is 217 g/mol. The van der Waals surface area contributed by atoms with Crippen molar-refractivity contribution in [2.24, 2.45) is 0 Å². The quantitative estimate of drug-likeness (QED) is 0.337. The summed E-state index contributed by atoms with van der Waals surface area (Å²) in [6.45, 7) is 0. The Labute approximate surface area is 79.8 Å². The maximum absolute atomic E-state index is 8.88. The van der Waals surface area contributed by atoms with E-state index in [0.717, 1.165) is 0 Å². The third-order valence-corrected chi connectivity index (χ3v) is 0. The molecular weight excluding hydrogens is 213 g/mol. The van der Waals surface area contributed by atoms with Gasteiger partial charge in [0.25, 0.3) is 0 Å². The summed E-state index contributed by atoms with van der Waals surface area (Å²) >= 11 is 0. The van der Waals surface area contributed by atoms with Crippen molar-refractivity contribution in [1.82, 2.24) is 0 Å². The van der Waals surface area contributed by atoms with E-state index in [1.165, 1.54) is 0 Å². The fraction of sp³-hybridized carbons (Fsp3) is 0. The van der Waals surface area contributed by atoms with Crippen LogP contribution >= 0.6 is 7.82 Å². The molecule has 8 heavy (non-hydrogen) atoms. The van der Waals surface area contributed by atoms with Crippen molar-refractivity contribution >= 4 is 26.7 Å². The van der Waals surface area contributed by atoms with Crippen molar-refractivity contribution < 1.29 is 53.4 Å². The minimum atomic E-state index is -4.64. The van der Waals surface area contributed by atoms with E-state index in [0.29, 0.717) is 0 Å². The van der Waals surface area contributed by atoms with E-state index >= 15 is 0 Å². The zero-order valence-corrected chi connectivity index (χ0v) is 6.11. The molecule has 8 heteroatoms. The Bertz CT molecular complexity index is 62.2. The molecule has 0 aliphatic rings. The van der Waals surface area contributed by atoms with Crippen molar-refractivity contribution in [1.29, 1.82) is 0 Å². The van der Waals surface area contributed by atoms with E-state index in [-0.39, 0.29) is 53.0 Å². The van der Waals surface area contributed by atoms with Crippen molar-refractivity contribution in [2.75, 3.05) is 0 Å². The average Bonchev–Trinajstić information content (AvgIpc) is 0.722. The van der Waals surface area contributed by atoms with Gasteiger partial charge in [-0.15, -0.1) is 0 Å². The van der Waals surface area contributed by atoms with Gasteiger partial charge in [-0.05, 0) is 0 Å². The third-order valence-electron chi connectivity index (χ3n) is 0. The minimum absolute atomic E-state index is 0. The number of rotatable bonds is 0. The summed E-state index contributed by atoms with van der Waals surface area (Å²) < 4.78 is 8.88. The van der Waals surface area contributed by atoms with Crippen molar-refractivity contribution in [3.8, 4) is 0 Å². The molecule has 0 amide bonds. The van der Waals surface area contributed by atoms with Crippen molar-refractivity contribution in [3.63, 3.8) is 0 Å². The van der Waals surface area contributed by atoms with E-state index in [1.807, 2.05) is 0 Å². The molecule has 0 saturated heterocycles. The van der Waals surface area contributed by atoms with Gasteiger partial charge in [0, 0.05) is 34.1 Å². The van der Waals surface area contributed by atoms with E-state index in [1.54, 1.807) is 0 Å². The molecule has 0 aromatic heterocycles. The molecule has 0 unspecified atom stereocenters. The summed E-state index contributed by atoms with van der Waals surface area (Å²) in [5, 5.41) is 0. The second-order valence-corrected chi connectivity index (χ2v) is 1.54. The zero-order valence-electron chi connectivity index (χ0n) is 2.93. The third kappa shape index (κ3) is 116. The topological polar surface area (TPSA) is 77.8 Å². The maximum Gasteiger partial charge on any atom is 0 e. The summed E-state index contributed by atoms with van der Waals surface area (Å²) in [7, 11) is -4.64. The van der Waals surface area contributed by atoms with Gasteiger partial charge in [-0.3, -0.25) is 0 Å². The van der Waals surface area contributed by atoms with Gasteiger partial charge in [0.15, 0.2) is 0 Å². The van der Waals surface area contributed by atoms with Crippen LogP contribution in [0.4, 0.5) is 0 Å². The Morgan fingerprint density at radius 3 is 1.12 bits per heavy atom. The fourth-order valence-corrected chi connectivity index (χ4v) is 0. The Hall–Kier alpha value is 1.75. The number of hydrogen-bond donors (Lipinski definition) is 3. The zero-order chi connectivity index (χ0) is 4.50. The summed E-state index contributed by atoms with van der Waals surface area (Å²) in [6.07, 6.45) is 0. The SMILES string of the molecule is O=P(O)(O)O.[Fe].[LiH].[Mn]. The Morgan fingerprint density at radius 2 is 1.12 bits per heavy atom. The van der Waals surface area contributed by atoms with Gasteiger partial charge in [-0.2, -0.15) is 0 Å². The Kier molecular flexibility index (Phi) is 24.7. The molecule has 0 rings (SSSR count). The smallest absolute Gasteiger partial charge is 0 e. The van der Waals surface area contributed by atoms with E-state index in [9.17, 15) is 0 Å². The molecule has 0 atom stereocenters. The molecule has 4 nitrogen and oxygen atoms in total. The molecular formula is H4FeLiMnO4P. The van der Waals surface area contributed by atoms with Crippen LogP contribution in [-0.4, -0.2) is 33.5 Å². The summed E-state index contributed by atoms with van der Waals surface area (Å²) in [4.78, 5) is 21.6. The van der Waals surface area contributed by atoms with Crippen molar-refractivity contribution in [2.45, 2.75) is 0 Å². The molecule has 0 saturated carbocycles.